The fraction of sp³-hybridized carbons (Fsp3) is 0.444. The first kappa shape index (κ1) is 10.7. The van der Waals surface area contributed by atoms with Crippen LogP contribution in [0, 0.1) is 0 Å². The number of hydrogen-bond donors (Lipinski definition) is 2. The van der Waals surface area contributed by atoms with Crippen LogP contribution in [0.2, 0.25) is 0 Å². The van der Waals surface area contributed by atoms with Gasteiger partial charge in [-0.1, -0.05) is 6.07 Å². The predicted octanol–water partition coefficient (Wildman–Crippen LogP) is 2.19. The Morgan fingerprint density at radius 3 is 2.50 bits per heavy atom. The Morgan fingerprint density at radius 2 is 1.93 bits per heavy atom. The fourth-order valence-electron chi connectivity index (χ4n) is 0.994. The topological polar surface area (TPSA) is 37.0 Å². The molecule has 0 aromatic carbocycles. The van der Waals surface area contributed by atoms with Crippen molar-refractivity contribution < 1.29 is 8.78 Å². The average molecular weight is 201 g/mol. The van der Waals surface area contributed by atoms with E-state index in [2.05, 4.69) is 15.6 Å². The largest absolute Gasteiger partial charge is 0.370 e. The smallest absolute Gasteiger partial charge is 0.255 e. The number of hydrogen-bond acceptors (Lipinski definition) is 3. The van der Waals surface area contributed by atoms with Gasteiger partial charge < -0.3 is 10.6 Å². The monoisotopic (exact) mass is 201 g/mol. The van der Waals surface area contributed by atoms with Gasteiger partial charge in [-0.3, -0.25) is 0 Å². The molecule has 5 heteroatoms. The van der Waals surface area contributed by atoms with Crippen LogP contribution >= 0.6 is 0 Å². The SMILES string of the molecule is CCNc1cccc(NCC(F)F)n1. The zero-order valence-corrected chi connectivity index (χ0v) is 7.93. The number of rotatable bonds is 5. The number of pyridine rings is 1. The molecule has 1 aromatic heterocycles. The van der Waals surface area contributed by atoms with Gasteiger partial charge in [0, 0.05) is 6.54 Å². The van der Waals surface area contributed by atoms with Crippen molar-refractivity contribution in [3.8, 4) is 0 Å². The molecule has 1 heterocycles. The molecule has 2 N–H and O–H groups in total. The molecule has 0 aliphatic rings. The highest BCUT2D eigenvalue weighted by Crippen LogP contribution is 2.09. The molecule has 0 aliphatic heterocycles. The molecule has 78 valence electrons. The van der Waals surface area contributed by atoms with E-state index in [0.29, 0.717) is 11.6 Å². The summed E-state index contributed by atoms with van der Waals surface area (Å²) in [5, 5.41) is 5.54. The third-order valence-corrected chi connectivity index (χ3v) is 1.54. The lowest BCUT2D eigenvalue weighted by Gasteiger charge is -2.07. The van der Waals surface area contributed by atoms with Gasteiger partial charge in [0.25, 0.3) is 6.43 Å². The second-order valence-corrected chi connectivity index (χ2v) is 2.71. The van der Waals surface area contributed by atoms with Crippen molar-refractivity contribution in [2.75, 3.05) is 23.7 Å². The molecule has 0 radical (unpaired) electrons. The number of nitrogens with one attached hydrogen (secondary N) is 2. The molecule has 0 saturated heterocycles. The number of anilines is 2. The predicted molar refractivity (Wildman–Crippen MR) is 52.9 cm³/mol. The summed E-state index contributed by atoms with van der Waals surface area (Å²) in [6.07, 6.45) is -2.36. The quantitative estimate of drug-likeness (QED) is 0.766. The van der Waals surface area contributed by atoms with Gasteiger partial charge in [0.1, 0.15) is 11.6 Å². The molecule has 0 fully saturated rings. The van der Waals surface area contributed by atoms with Crippen LogP contribution in [-0.2, 0) is 0 Å². The van der Waals surface area contributed by atoms with E-state index >= 15 is 0 Å². The normalized spacial score (nSPS) is 10.3. The van der Waals surface area contributed by atoms with E-state index in [0.717, 1.165) is 6.54 Å². The van der Waals surface area contributed by atoms with Crippen LogP contribution in [0.1, 0.15) is 6.92 Å². The molecule has 3 nitrogen and oxygen atoms in total. The standard InChI is InChI=1S/C9H13F2N3/c1-2-12-8-4-3-5-9(14-8)13-6-7(10)11/h3-5,7H,2,6H2,1H3,(H2,12,13,14). The van der Waals surface area contributed by atoms with Gasteiger partial charge in [-0.15, -0.1) is 0 Å². The van der Waals surface area contributed by atoms with Crippen LogP contribution in [-0.4, -0.2) is 24.5 Å². The van der Waals surface area contributed by atoms with Crippen LogP contribution in [0.5, 0.6) is 0 Å². The van der Waals surface area contributed by atoms with Crippen molar-refractivity contribution in [2.24, 2.45) is 0 Å². The van der Waals surface area contributed by atoms with Gasteiger partial charge >= 0.3 is 0 Å². The van der Waals surface area contributed by atoms with Gasteiger partial charge in [-0.05, 0) is 19.1 Å². The molecule has 1 aromatic rings. The fourth-order valence-corrected chi connectivity index (χ4v) is 0.994. The number of alkyl halides is 2. The van der Waals surface area contributed by atoms with Crippen LogP contribution < -0.4 is 10.6 Å². The Labute approximate surface area is 81.5 Å². The first-order chi connectivity index (χ1) is 6.72. The van der Waals surface area contributed by atoms with Crippen molar-refractivity contribution in [1.82, 2.24) is 4.98 Å². The number of halogens is 2. The molecule has 14 heavy (non-hydrogen) atoms. The number of nitrogens with zero attached hydrogens (tertiary/aromatic N) is 1. The molecule has 1 rings (SSSR count). The third kappa shape index (κ3) is 3.55. The lowest BCUT2D eigenvalue weighted by molar-refractivity contribution is 0.163. The molecule has 0 unspecified atom stereocenters. The summed E-state index contributed by atoms with van der Waals surface area (Å²) < 4.78 is 23.7. The zero-order valence-electron chi connectivity index (χ0n) is 7.93. The average Bonchev–Trinajstić information content (AvgIpc) is 2.16. The maximum Gasteiger partial charge on any atom is 0.255 e. The molecule has 0 atom stereocenters. The highest BCUT2D eigenvalue weighted by atomic mass is 19.3. The van der Waals surface area contributed by atoms with Gasteiger partial charge in [-0.25, -0.2) is 13.8 Å². The lowest BCUT2D eigenvalue weighted by atomic mass is 10.4. The summed E-state index contributed by atoms with van der Waals surface area (Å²) in [5.74, 6) is 1.15. The third-order valence-electron chi connectivity index (χ3n) is 1.54. The summed E-state index contributed by atoms with van der Waals surface area (Å²) in [7, 11) is 0. The lowest BCUT2D eigenvalue weighted by Crippen LogP contribution is -2.11. The summed E-state index contributed by atoms with van der Waals surface area (Å²) in [6, 6.07) is 5.21. The highest BCUT2D eigenvalue weighted by molar-refractivity contribution is 5.44. The summed E-state index contributed by atoms with van der Waals surface area (Å²) in [4.78, 5) is 4.08. The Hall–Kier alpha value is -1.39. The van der Waals surface area contributed by atoms with E-state index in [-0.39, 0.29) is 6.54 Å². The van der Waals surface area contributed by atoms with Gasteiger partial charge in [0.2, 0.25) is 0 Å². The Kier molecular flexibility index (Phi) is 4.10. The second kappa shape index (κ2) is 5.36. The van der Waals surface area contributed by atoms with E-state index in [1.165, 1.54) is 0 Å². The van der Waals surface area contributed by atoms with E-state index in [9.17, 15) is 8.78 Å². The van der Waals surface area contributed by atoms with E-state index in [4.69, 9.17) is 0 Å². The zero-order chi connectivity index (χ0) is 10.4. The van der Waals surface area contributed by atoms with Crippen LogP contribution in [0.4, 0.5) is 20.4 Å². The van der Waals surface area contributed by atoms with Crippen molar-refractivity contribution in [3.05, 3.63) is 18.2 Å². The summed E-state index contributed by atoms with van der Waals surface area (Å²) in [6.45, 7) is 2.33. The van der Waals surface area contributed by atoms with E-state index in [1.807, 2.05) is 6.92 Å². The second-order valence-electron chi connectivity index (χ2n) is 2.71. The van der Waals surface area contributed by atoms with Crippen molar-refractivity contribution in [1.29, 1.82) is 0 Å². The Morgan fingerprint density at radius 1 is 1.29 bits per heavy atom. The van der Waals surface area contributed by atoms with Crippen LogP contribution in [0.25, 0.3) is 0 Å². The Bertz CT molecular complexity index is 279. The molecule has 0 amide bonds. The van der Waals surface area contributed by atoms with E-state index < -0.39 is 6.43 Å². The molecular weight excluding hydrogens is 188 g/mol. The van der Waals surface area contributed by atoms with Crippen molar-refractivity contribution in [3.63, 3.8) is 0 Å². The van der Waals surface area contributed by atoms with Gasteiger partial charge in [0.15, 0.2) is 0 Å². The first-order valence-corrected chi connectivity index (χ1v) is 4.45. The van der Waals surface area contributed by atoms with Crippen LogP contribution in [0.3, 0.4) is 0 Å². The van der Waals surface area contributed by atoms with Gasteiger partial charge in [0.05, 0.1) is 6.54 Å². The highest BCUT2D eigenvalue weighted by Gasteiger charge is 2.02. The number of aromatic nitrogens is 1. The van der Waals surface area contributed by atoms with Crippen LogP contribution in [0.15, 0.2) is 18.2 Å². The molecule has 0 spiro atoms. The van der Waals surface area contributed by atoms with E-state index in [1.54, 1.807) is 18.2 Å². The minimum atomic E-state index is -2.36. The molecular formula is C9H13F2N3. The first-order valence-electron chi connectivity index (χ1n) is 4.45. The molecule has 0 bridgehead atoms. The summed E-state index contributed by atoms with van der Waals surface area (Å²) >= 11 is 0. The maximum absolute atomic E-state index is 11.9. The van der Waals surface area contributed by atoms with Crippen molar-refractivity contribution >= 4 is 11.6 Å². The molecule has 0 saturated carbocycles. The van der Waals surface area contributed by atoms with Crippen molar-refractivity contribution in [2.45, 2.75) is 13.3 Å². The minimum Gasteiger partial charge on any atom is -0.370 e. The van der Waals surface area contributed by atoms with Gasteiger partial charge in [-0.2, -0.15) is 0 Å². The summed E-state index contributed by atoms with van der Waals surface area (Å²) in [5.41, 5.74) is 0. The Balaban J connectivity index is 2.54. The molecule has 0 aliphatic carbocycles. The minimum absolute atomic E-state index is 0.372. The maximum atomic E-state index is 11.9.